The number of β-amino-alcohol motifs (C(OH)–C–C–N with tert-alkyl or cyclic N) is 1. The summed E-state index contributed by atoms with van der Waals surface area (Å²) in [6.45, 7) is 4.69. The number of aliphatic hydroxyl groups is 1. The first-order valence-corrected chi connectivity index (χ1v) is 8.33. The van der Waals surface area contributed by atoms with Crippen molar-refractivity contribution in [1.82, 2.24) is 29.3 Å². The van der Waals surface area contributed by atoms with E-state index in [1.54, 1.807) is 40.4 Å². The zero-order chi connectivity index (χ0) is 17.6. The summed E-state index contributed by atoms with van der Waals surface area (Å²) in [5, 5.41) is 19.1. The lowest BCUT2D eigenvalue weighted by molar-refractivity contribution is 0.0381. The summed E-state index contributed by atoms with van der Waals surface area (Å²) in [5.41, 5.74) is 0.726. The van der Waals surface area contributed by atoms with Gasteiger partial charge in [0.25, 0.3) is 5.91 Å². The molecule has 1 unspecified atom stereocenters. The Morgan fingerprint density at radius 1 is 1.32 bits per heavy atom. The average Bonchev–Trinajstić information content (AvgIpc) is 3.32. The molecule has 4 heterocycles. The lowest BCUT2D eigenvalue weighted by Crippen LogP contribution is -2.34. The number of pyridine rings is 1. The highest BCUT2D eigenvalue weighted by molar-refractivity contribution is 5.94. The minimum absolute atomic E-state index is 0.109. The van der Waals surface area contributed by atoms with Crippen LogP contribution in [0, 0.1) is 0 Å². The van der Waals surface area contributed by atoms with E-state index in [2.05, 4.69) is 15.3 Å². The Morgan fingerprint density at radius 2 is 2.16 bits per heavy atom. The number of hydrogen-bond donors (Lipinski definition) is 1. The molecule has 0 saturated carbocycles. The second kappa shape index (κ2) is 5.66. The number of carbonyl (C=O) groups excluding carboxylic acids is 1. The molecule has 1 amide bonds. The van der Waals surface area contributed by atoms with Crippen molar-refractivity contribution in [3.8, 4) is 0 Å². The highest BCUT2D eigenvalue weighted by atomic mass is 16.3. The molecule has 3 aromatic rings. The molecule has 1 atom stereocenters. The monoisotopic (exact) mass is 340 g/mol. The van der Waals surface area contributed by atoms with E-state index in [0.29, 0.717) is 24.2 Å². The SMILES string of the molecule is CC(C)n1cc(C2(O)CCN(C(=O)c3ccc4nccn4c3)C2)nn1. The van der Waals surface area contributed by atoms with Gasteiger partial charge in [-0.1, -0.05) is 5.21 Å². The molecule has 1 saturated heterocycles. The zero-order valence-corrected chi connectivity index (χ0v) is 14.2. The van der Waals surface area contributed by atoms with Gasteiger partial charge in [-0.05, 0) is 26.0 Å². The van der Waals surface area contributed by atoms with Gasteiger partial charge in [-0.25, -0.2) is 9.67 Å². The lowest BCUT2D eigenvalue weighted by atomic mass is 10.00. The first-order valence-electron chi connectivity index (χ1n) is 8.33. The highest BCUT2D eigenvalue weighted by Crippen LogP contribution is 2.31. The maximum absolute atomic E-state index is 12.8. The third-order valence-corrected chi connectivity index (χ3v) is 4.69. The van der Waals surface area contributed by atoms with Gasteiger partial charge in [0.05, 0.1) is 18.3 Å². The third kappa shape index (κ3) is 2.68. The fourth-order valence-electron chi connectivity index (χ4n) is 3.15. The van der Waals surface area contributed by atoms with E-state index in [0.717, 1.165) is 5.65 Å². The van der Waals surface area contributed by atoms with Gasteiger partial charge in [-0.3, -0.25) is 4.79 Å². The normalized spacial score (nSPS) is 20.7. The molecule has 0 bridgehead atoms. The molecule has 25 heavy (non-hydrogen) atoms. The fourth-order valence-corrected chi connectivity index (χ4v) is 3.15. The Morgan fingerprint density at radius 3 is 2.92 bits per heavy atom. The van der Waals surface area contributed by atoms with Gasteiger partial charge in [0.1, 0.15) is 16.9 Å². The molecule has 4 rings (SSSR count). The second-order valence-corrected chi connectivity index (χ2v) is 6.80. The molecule has 8 nitrogen and oxygen atoms in total. The van der Waals surface area contributed by atoms with Crippen LogP contribution in [-0.4, -0.2) is 53.4 Å². The van der Waals surface area contributed by atoms with Crippen molar-refractivity contribution in [2.75, 3.05) is 13.1 Å². The molecule has 1 fully saturated rings. The summed E-state index contributed by atoms with van der Waals surface area (Å²) in [4.78, 5) is 18.6. The van der Waals surface area contributed by atoms with Crippen LogP contribution < -0.4 is 0 Å². The molecule has 1 aliphatic heterocycles. The van der Waals surface area contributed by atoms with Crippen molar-refractivity contribution in [3.05, 3.63) is 48.2 Å². The van der Waals surface area contributed by atoms with Gasteiger partial charge >= 0.3 is 0 Å². The first-order chi connectivity index (χ1) is 12.0. The van der Waals surface area contributed by atoms with E-state index in [1.807, 2.05) is 24.3 Å². The van der Waals surface area contributed by atoms with E-state index in [9.17, 15) is 9.90 Å². The maximum Gasteiger partial charge on any atom is 0.255 e. The molecule has 8 heteroatoms. The van der Waals surface area contributed by atoms with E-state index in [1.165, 1.54) is 0 Å². The summed E-state index contributed by atoms with van der Waals surface area (Å²) in [5.74, 6) is -0.109. The number of hydrogen-bond acceptors (Lipinski definition) is 5. The predicted octanol–water partition coefficient (Wildman–Crippen LogP) is 1.24. The zero-order valence-electron chi connectivity index (χ0n) is 14.2. The van der Waals surface area contributed by atoms with Crippen LogP contribution >= 0.6 is 0 Å². The van der Waals surface area contributed by atoms with Crippen LogP contribution in [0.2, 0.25) is 0 Å². The van der Waals surface area contributed by atoms with Crippen molar-refractivity contribution in [1.29, 1.82) is 0 Å². The summed E-state index contributed by atoms with van der Waals surface area (Å²) < 4.78 is 3.52. The van der Waals surface area contributed by atoms with Crippen molar-refractivity contribution in [2.24, 2.45) is 0 Å². The maximum atomic E-state index is 12.8. The number of imidazole rings is 1. The molecule has 0 aromatic carbocycles. The summed E-state index contributed by atoms with van der Waals surface area (Å²) in [7, 11) is 0. The smallest absolute Gasteiger partial charge is 0.255 e. The molecule has 0 radical (unpaired) electrons. The number of fused-ring (bicyclic) bond motifs is 1. The van der Waals surface area contributed by atoms with Gasteiger partial charge in [0, 0.05) is 37.6 Å². The fraction of sp³-hybridized carbons (Fsp3) is 0.412. The van der Waals surface area contributed by atoms with Crippen LogP contribution in [0.3, 0.4) is 0 Å². The topological polar surface area (TPSA) is 88.5 Å². The second-order valence-electron chi connectivity index (χ2n) is 6.80. The van der Waals surface area contributed by atoms with E-state index >= 15 is 0 Å². The summed E-state index contributed by atoms with van der Waals surface area (Å²) in [6, 6.07) is 3.74. The molecular formula is C17H20N6O2. The van der Waals surface area contributed by atoms with Gasteiger partial charge in [0.15, 0.2) is 0 Å². The Hall–Kier alpha value is -2.74. The van der Waals surface area contributed by atoms with Crippen LogP contribution in [0.25, 0.3) is 5.65 Å². The van der Waals surface area contributed by atoms with Crippen LogP contribution in [0.15, 0.2) is 36.9 Å². The quantitative estimate of drug-likeness (QED) is 0.775. The molecular weight excluding hydrogens is 320 g/mol. The molecule has 0 aliphatic carbocycles. The van der Waals surface area contributed by atoms with E-state index in [4.69, 9.17) is 0 Å². The number of amides is 1. The van der Waals surface area contributed by atoms with Crippen LogP contribution in [0.1, 0.15) is 42.4 Å². The van der Waals surface area contributed by atoms with Crippen LogP contribution in [0.4, 0.5) is 0 Å². The van der Waals surface area contributed by atoms with Gasteiger partial charge < -0.3 is 14.4 Å². The molecule has 1 N–H and O–H groups in total. The van der Waals surface area contributed by atoms with Crippen LogP contribution in [0.5, 0.6) is 0 Å². The number of likely N-dealkylation sites (tertiary alicyclic amines) is 1. The lowest BCUT2D eigenvalue weighted by Gasteiger charge is -2.21. The Labute approximate surface area is 144 Å². The first kappa shape index (κ1) is 15.8. The third-order valence-electron chi connectivity index (χ3n) is 4.69. The van der Waals surface area contributed by atoms with E-state index < -0.39 is 5.60 Å². The molecule has 3 aromatic heterocycles. The van der Waals surface area contributed by atoms with Gasteiger partial charge in [-0.2, -0.15) is 0 Å². The van der Waals surface area contributed by atoms with Crippen molar-refractivity contribution >= 4 is 11.6 Å². The molecule has 0 spiro atoms. The summed E-state index contributed by atoms with van der Waals surface area (Å²) >= 11 is 0. The number of aromatic nitrogens is 5. The van der Waals surface area contributed by atoms with Crippen LogP contribution in [-0.2, 0) is 5.60 Å². The van der Waals surface area contributed by atoms with Crippen molar-refractivity contribution < 1.29 is 9.90 Å². The van der Waals surface area contributed by atoms with E-state index in [-0.39, 0.29) is 18.5 Å². The Balaban J connectivity index is 1.55. The van der Waals surface area contributed by atoms with Crippen molar-refractivity contribution in [2.45, 2.75) is 31.9 Å². The number of rotatable bonds is 3. The predicted molar refractivity (Wildman–Crippen MR) is 90.0 cm³/mol. The minimum Gasteiger partial charge on any atom is -0.381 e. The van der Waals surface area contributed by atoms with Gasteiger partial charge in [-0.15, -0.1) is 5.10 Å². The standard InChI is InChI=1S/C17H20N6O2/c1-12(2)23-10-14(19-20-23)17(25)5-7-22(11-17)16(24)13-3-4-15-18-6-8-21(15)9-13/h3-4,6,8-10,12,25H,5,7,11H2,1-2H3. The largest absolute Gasteiger partial charge is 0.381 e. The Bertz CT molecular complexity index is 930. The number of nitrogens with zero attached hydrogens (tertiary/aromatic N) is 6. The Kier molecular flexibility index (Phi) is 3.57. The molecule has 130 valence electrons. The average molecular weight is 340 g/mol. The highest BCUT2D eigenvalue weighted by Gasteiger charge is 2.42. The van der Waals surface area contributed by atoms with Gasteiger partial charge in [0.2, 0.25) is 0 Å². The number of carbonyl (C=O) groups is 1. The molecule has 1 aliphatic rings. The van der Waals surface area contributed by atoms with Crippen molar-refractivity contribution in [3.63, 3.8) is 0 Å². The summed E-state index contributed by atoms with van der Waals surface area (Å²) in [6.07, 6.45) is 7.46. The minimum atomic E-state index is -1.15.